The van der Waals surface area contributed by atoms with E-state index in [9.17, 15) is 18.0 Å². The van der Waals surface area contributed by atoms with Crippen molar-refractivity contribution >= 4 is 6.16 Å². The normalized spacial score (nSPS) is 35.6. The minimum Gasteiger partial charge on any atom is -0.430 e. The number of benzene rings is 1. The average Bonchev–Trinajstić information content (AvgIpc) is 3.25. The maximum Gasteiger partial charge on any atom is 0.514 e. The first-order valence-electron chi connectivity index (χ1n) is 16.1. The summed E-state index contributed by atoms with van der Waals surface area (Å²) in [5.41, 5.74) is 1.27. The molecule has 4 aliphatic rings. The molecule has 0 spiro atoms. The third kappa shape index (κ3) is 6.09. The highest BCUT2D eigenvalue weighted by Crippen LogP contribution is 2.67. The first-order chi connectivity index (χ1) is 19.3. The van der Waals surface area contributed by atoms with Gasteiger partial charge in [-0.25, -0.2) is 4.79 Å². The van der Waals surface area contributed by atoms with E-state index in [2.05, 4.69) is 40.7 Å². The molecule has 8 atom stereocenters. The van der Waals surface area contributed by atoms with E-state index in [1.807, 2.05) is 0 Å². The molecule has 0 aliphatic heterocycles. The zero-order valence-corrected chi connectivity index (χ0v) is 25.6. The number of rotatable bonds is 7. The summed E-state index contributed by atoms with van der Waals surface area (Å²) in [7, 11) is 0. The molecule has 6 heteroatoms. The van der Waals surface area contributed by atoms with Gasteiger partial charge in [-0.05, 0) is 116 Å². The lowest BCUT2D eigenvalue weighted by Gasteiger charge is -2.58. The second-order valence-corrected chi connectivity index (χ2v) is 14.6. The van der Waals surface area contributed by atoms with Gasteiger partial charge in [-0.2, -0.15) is 13.2 Å². The second-order valence-electron chi connectivity index (χ2n) is 14.6. The number of alkyl halides is 3. The van der Waals surface area contributed by atoms with Gasteiger partial charge in [0.15, 0.2) is 0 Å². The lowest BCUT2D eigenvalue weighted by atomic mass is 9.47. The minimum absolute atomic E-state index is 0.0535. The molecule has 3 nitrogen and oxygen atoms in total. The molecule has 0 amide bonds. The van der Waals surface area contributed by atoms with Gasteiger partial charge in [0.25, 0.3) is 0 Å². The standard InChI is InChI=1S/C35H49F3O3/c1-22(2)7-6-8-23(3)29-15-16-30-28-14-11-25-21-27(17-19-33(25,4)31(28)18-20-34(29,30)5)41-32(39)40-26-12-9-24(10-13-26)35(36,37)38/h9-13,22-23,27-31H,6-8,14-21H2,1-5H3/t23-,27+,28+,29-,30+,31+,33+,34-/m1/s1. The molecule has 228 valence electrons. The predicted octanol–water partition coefficient (Wildman–Crippen LogP) is 10.6. The van der Waals surface area contributed by atoms with Crippen LogP contribution in [-0.2, 0) is 10.9 Å². The molecular weight excluding hydrogens is 525 g/mol. The number of fused-ring (bicyclic) bond motifs is 5. The molecule has 3 saturated carbocycles. The maximum absolute atomic E-state index is 12.8. The lowest BCUT2D eigenvalue weighted by Crippen LogP contribution is -2.51. The highest BCUT2D eigenvalue weighted by Gasteiger charge is 2.59. The van der Waals surface area contributed by atoms with E-state index in [-0.39, 0.29) is 17.3 Å². The second kappa shape index (κ2) is 11.6. The van der Waals surface area contributed by atoms with Crippen LogP contribution in [0.4, 0.5) is 18.0 Å². The fraction of sp³-hybridized carbons (Fsp3) is 0.743. The number of ether oxygens (including phenoxy) is 2. The van der Waals surface area contributed by atoms with Crippen LogP contribution in [0.25, 0.3) is 0 Å². The molecule has 0 bridgehead atoms. The Hall–Kier alpha value is -1.98. The molecule has 5 rings (SSSR count). The zero-order chi connectivity index (χ0) is 29.6. The summed E-state index contributed by atoms with van der Waals surface area (Å²) < 4.78 is 49.3. The number of hydrogen-bond acceptors (Lipinski definition) is 3. The number of carbonyl (C=O) groups excluding carboxylic acids is 1. The highest BCUT2D eigenvalue weighted by molar-refractivity contribution is 5.64. The van der Waals surface area contributed by atoms with Gasteiger partial charge in [0.1, 0.15) is 11.9 Å². The Morgan fingerprint density at radius 2 is 1.71 bits per heavy atom. The molecule has 0 unspecified atom stereocenters. The van der Waals surface area contributed by atoms with Crippen molar-refractivity contribution < 1.29 is 27.4 Å². The van der Waals surface area contributed by atoms with Gasteiger partial charge in [0.05, 0.1) is 5.56 Å². The average molecular weight is 575 g/mol. The van der Waals surface area contributed by atoms with Gasteiger partial charge < -0.3 is 9.47 Å². The van der Waals surface area contributed by atoms with Crippen molar-refractivity contribution in [3.8, 4) is 5.75 Å². The lowest BCUT2D eigenvalue weighted by molar-refractivity contribution is -0.137. The number of hydrogen-bond donors (Lipinski definition) is 0. The SMILES string of the molecule is CC(C)CCC[C@@H](C)[C@H]1CC[C@H]2[C@@H]3CC=C4C[C@@H](OC(=O)Oc5ccc(C(F)(F)F)cc5)CC[C@]4(C)[C@H]3CC[C@]12C. The van der Waals surface area contributed by atoms with Crippen LogP contribution in [0.5, 0.6) is 5.75 Å². The summed E-state index contributed by atoms with van der Waals surface area (Å²) in [5.74, 6) is 4.74. The first-order valence-corrected chi connectivity index (χ1v) is 16.1. The number of halogens is 3. The van der Waals surface area contributed by atoms with Crippen LogP contribution in [0.3, 0.4) is 0 Å². The number of allylic oxidation sites excluding steroid dienone is 1. The van der Waals surface area contributed by atoms with E-state index in [0.29, 0.717) is 11.3 Å². The van der Waals surface area contributed by atoms with E-state index in [1.54, 1.807) is 0 Å². The van der Waals surface area contributed by atoms with Gasteiger partial charge >= 0.3 is 12.3 Å². The fourth-order valence-corrected chi connectivity index (χ4v) is 9.72. The number of carbonyl (C=O) groups is 1. The fourth-order valence-electron chi connectivity index (χ4n) is 9.72. The van der Waals surface area contributed by atoms with Gasteiger partial charge in [0.2, 0.25) is 0 Å². The molecule has 0 saturated heterocycles. The quantitative estimate of drug-likeness (QED) is 0.185. The monoisotopic (exact) mass is 574 g/mol. The Balaban J connectivity index is 1.19. The molecule has 41 heavy (non-hydrogen) atoms. The Morgan fingerprint density at radius 3 is 2.39 bits per heavy atom. The van der Waals surface area contributed by atoms with E-state index in [4.69, 9.17) is 9.47 Å². The van der Waals surface area contributed by atoms with Crippen molar-refractivity contribution in [2.24, 2.45) is 46.3 Å². The van der Waals surface area contributed by atoms with Gasteiger partial charge in [-0.15, -0.1) is 0 Å². The molecule has 0 heterocycles. The van der Waals surface area contributed by atoms with Gasteiger partial charge in [-0.1, -0.05) is 65.5 Å². The molecule has 1 aromatic rings. The molecule has 0 N–H and O–H groups in total. The zero-order valence-electron chi connectivity index (χ0n) is 25.6. The third-order valence-electron chi connectivity index (χ3n) is 11.9. The van der Waals surface area contributed by atoms with Gasteiger partial charge in [-0.3, -0.25) is 0 Å². The summed E-state index contributed by atoms with van der Waals surface area (Å²) in [4.78, 5) is 12.5. The minimum atomic E-state index is -4.43. The van der Waals surface area contributed by atoms with E-state index >= 15 is 0 Å². The Morgan fingerprint density at radius 1 is 0.976 bits per heavy atom. The van der Waals surface area contributed by atoms with Crippen LogP contribution in [0.2, 0.25) is 0 Å². The Kier molecular flexibility index (Phi) is 8.62. The van der Waals surface area contributed by atoms with Crippen molar-refractivity contribution in [2.75, 3.05) is 0 Å². The van der Waals surface area contributed by atoms with E-state index < -0.39 is 17.9 Å². The van der Waals surface area contributed by atoms with Crippen LogP contribution in [-0.4, -0.2) is 12.3 Å². The smallest absolute Gasteiger partial charge is 0.430 e. The summed E-state index contributed by atoms with van der Waals surface area (Å²) in [5, 5.41) is 0. The highest BCUT2D eigenvalue weighted by atomic mass is 19.4. The molecule has 1 aromatic carbocycles. The molecule has 0 radical (unpaired) electrons. The van der Waals surface area contributed by atoms with Crippen molar-refractivity contribution in [1.82, 2.24) is 0 Å². The summed E-state index contributed by atoms with van der Waals surface area (Å²) in [6.45, 7) is 12.3. The molecule has 4 aliphatic carbocycles. The molecule has 0 aromatic heterocycles. The van der Waals surface area contributed by atoms with Crippen molar-refractivity contribution in [1.29, 1.82) is 0 Å². The Labute approximate surface area is 244 Å². The Bertz CT molecular complexity index is 1110. The summed E-state index contributed by atoms with van der Waals surface area (Å²) >= 11 is 0. The predicted molar refractivity (Wildman–Crippen MR) is 155 cm³/mol. The van der Waals surface area contributed by atoms with Crippen molar-refractivity contribution in [2.45, 2.75) is 118 Å². The van der Waals surface area contributed by atoms with Crippen molar-refractivity contribution in [3.63, 3.8) is 0 Å². The van der Waals surface area contributed by atoms with Crippen molar-refractivity contribution in [3.05, 3.63) is 41.5 Å². The largest absolute Gasteiger partial charge is 0.514 e. The van der Waals surface area contributed by atoms with Crippen LogP contribution in [0.15, 0.2) is 35.9 Å². The first kappa shape index (κ1) is 30.5. The van der Waals surface area contributed by atoms with Crippen LogP contribution >= 0.6 is 0 Å². The summed E-state index contributed by atoms with van der Waals surface area (Å²) in [6.07, 6.45) is 10.0. The summed E-state index contributed by atoms with van der Waals surface area (Å²) in [6, 6.07) is 4.13. The van der Waals surface area contributed by atoms with Crippen LogP contribution in [0, 0.1) is 46.3 Å². The third-order valence-corrected chi connectivity index (χ3v) is 11.9. The van der Waals surface area contributed by atoms with E-state index in [0.717, 1.165) is 79.5 Å². The van der Waals surface area contributed by atoms with Crippen LogP contribution in [0.1, 0.15) is 111 Å². The van der Waals surface area contributed by atoms with Crippen LogP contribution < -0.4 is 4.74 Å². The molecule has 3 fully saturated rings. The van der Waals surface area contributed by atoms with Gasteiger partial charge in [0, 0.05) is 6.42 Å². The van der Waals surface area contributed by atoms with E-state index in [1.165, 1.54) is 50.5 Å². The molecular formula is C35H49F3O3. The maximum atomic E-state index is 12.8. The topological polar surface area (TPSA) is 35.5 Å².